The first-order valence-corrected chi connectivity index (χ1v) is 9.68. The largest absolute Gasteiger partial charge is 0.384 e. The molecule has 1 fully saturated rings. The van der Waals surface area contributed by atoms with Gasteiger partial charge in [-0.05, 0) is 12.1 Å². The van der Waals surface area contributed by atoms with Crippen molar-refractivity contribution >= 4 is 23.0 Å². The second-order valence-electron chi connectivity index (χ2n) is 7.12. The third-order valence-electron chi connectivity index (χ3n) is 5.20. The van der Waals surface area contributed by atoms with Crippen LogP contribution in [0.4, 0.5) is 17.2 Å². The topological polar surface area (TPSA) is 157 Å². The van der Waals surface area contributed by atoms with Crippen LogP contribution in [0.3, 0.4) is 0 Å². The van der Waals surface area contributed by atoms with Crippen molar-refractivity contribution in [2.75, 3.05) is 57.1 Å². The Balaban J connectivity index is 1.65. The second kappa shape index (κ2) is 9.53. The summed E-state index contributed by atoms with van der Waals surface area (Å²) in [5, 5.41) is 10.8. The third-order valence-corrected chi connectivity index (χ3v) is 5.20. The van der Waals surface area contributed by atoms with Crippen LogP contribution in [-0.2, 0) is 11.3 Å². The zero-order valence-corrected chi connectivity index (χ0v) is 17.1. The highest BCUT2D eigenvalue weighted by Crippen LogP contribution is 2.20. The van der Waals surface area contributed by atoms with Gasteiger partial charge in [0.05, 0.1) is 24.6 Å². The number of ketones is 1. The number of rotatable bonds is 8. The van der Waals surface area contributed by atoms with Crippen LogP contribution < -0.4 is 21.9 Å². The van der Waals surface area contributed by atoms with Crippen LogP contribution in [0.5, 0.6) is 0 Å². The number of hydrogen-bond acceptors (Lipinski definition) is 9. The van der Waals surface area contributed by atoms with Gasteiger partial charge in [-0.15, -0.1) is 0 Å². The van der Waals surface area contributed by atoms with Gasteiger partial charge in [0.15, 0.2) is 5.78 Å². The van der Waals surface area contributed by atoms with Crippen molar-refractivity contribution in [2.45, 2.75) is 6.54 Å². The maximum Gasteiger partial charge on any atom is 0.330 e. The molecule has 12 heteroatoms. The van der Waals surface area contributed by atoms with Gasteiger partial charge in [0.25, 0.3) is 11.2 Å². The molecule has 1 aliphatic heterocycles. The summed E-state index contributed by atoms with van der Waals surface area (Å²) in [6, 6.07) is 6.31. The minimum atomic E-state index is -0.800. The predicted octanol–water partition coefficient (Wildman–Crippen LogP) is -0.322. The molecule has 1 aliphatic rings. The Morgan fingerprint density at radius 1 is 1.19 bits per heavy atom. The number of aromatic nitrogens is 2. The number of nitro benzene ring substituents is 1. The SMILES string of the molecule is COCCn1c(N)c(C(=O)CN2CCN(c3ccc([N+](=O)[O-])cc3)CC2)c(=O)[nH]c1=O. The molecule has 31 heavy (non-hydrogen) atoms. The lowest BCUT2D eigenvalue weighted by atomic mass is 10.1. The molecule has 3 rings (SSSR count). The van der Waals surface area contributed by atoms with E-state index in [9.17, 15) is 24.5 Å². The standard InChI is InChI=1S/C19H24N6O6/c1-31-11-10-24-17(20)16(18(27)21-19(24)28)15(26)12-22-6-8-23(9-7-22)13-2-4-14(5-3-13)25(29)30/h2-5H,6-12,20H2,1H3,(H,21,27,28). The summed E-state index contributed by atoms with van der Waals surface area (Å²) in [5.41, 5.74) is 5.13. The molecular weight excluding hydrogens is 408 g/mol. The first-order valence-electron chi connectivity index (χ1n) is 9.68. The van der Waals surface area contributed by atoms with E-state index in [2.05, 4.69) is 9.88 Å². The Kier molecular flexibility index (Phi) is 6.82. The van der Waals surface area contributed by atoms with Crippen molar-refractivity contribution in [2.24, 2.45) is 0 Å². The number of carbonyl (C=O) groups excluding carboxylic acids is 1. The minimum absolute atomic E-state index is 0.0101. The number of carbonyl (C=O) groups is 1. The van der Waals surface area contributed by atoms with E-state index in [1.165, 1.54) is 19.2 Å². The van der Waals surface area contributed by atoms with Crippen LogP contribution in [0.15, 0.2) is 33.9 Å². The van der Waals surface area contributed by atoms with Crippen molar-refractivity contribution in [3.05, 3.63) is 60.8 Å². The zero-order chi connectivity index (χ0) is 22.5. The van der Waals surface area contributed by atoms with E-state index in [1.54, 1.807) is 12.1 Å². The molecule has 0 bridgehead atoms. The Morgan fingerprint density at radius 2 is 1.84 bits per heavy atom. The summed E-state index contributed by atoms with van der Waals surface area (Å²) in [7, 11) is 1.47. The van der Waals surface area contributed by atoms with Crippen LogP contribution in [0.2, 0.25) is 0 Å². The number of anilines is 2. The van der Waals surface area contributed by atoms with Crippen molar-refractivity contribution in [3.63, 3.8) is 0 Å². The molecule has 0 unspecified atom stereocenters. The predicted molar refractivity (Wildman–Crippen MR) is 114 cm³/mol. The number of H-pyrrole nitrogens is 1. The van der Waals surface area contributed by atoms with Gasteiger partial charge in [0.1, 0.15) is 11.4 Å². The lowest BCUT2D eigenvalue weighted by molar-refractivity contribution is -0.384. The van der Waals surface area contributed by atoms with E-state index in [0.29, 0.717) is 26.2 Å². The quantitative estimate of drug-likeness (QED) is 0.324. The summed E-state index contributed by atoms with van der Waals surface area (Å²) in [6.45, 7) is 2.66. The molecule has 2 aromatic rings. The van der Waals surface area contributed by atoms with E-state index in [-0.39, 0.29) is 36.8 Å². The monoisotopic (exact) mass is 432 g/mol. The zero-order valence-electron chi connectivity index (χ0n) is 17.1. The summed E-state index contributed by atoms with van der Waals surface area (Å²) in [5.74, 6) is -0.631. The number of Topliss-reactive ketones (excluding diaryl/α,β-unsaturated/α-hetero) is 1. The number of ether oxygens (including phenoxy) is 1. The molecule has 2 heterocycles. The molecule has 0 atom stereocenters. The average molecular weight is 432 g/mol. The van der Waals surface area contributed by atoms with Gasteiger partial charge >= 0.3 is 5.69 Å². The Labute approximate surface area is 177 Å². The number of methoxy groups -OCH3 is 1. The molecule has 12 nitrogen and oxygen atoms in total. The molecule has 0 radical (unpaired) electrons. The fourth-order valence-electron chi connectivity index (χ4n) is 3.49. The maximum absolute atomic E-state index is 12.8. The Hall–Kier alpha value is -3.51. The fraction of sp³-hybridized carbons (Fsp3) is 0.421. The van der Waals surface area contributed by atoms with Gasteiger partial charge in [-0.1, -0.05) is 0 Å². The molecule has 0 spiro atoms. The number of piperazine rings is 1. The number of nitro groups is 1. The molecule has 0 aliphatic carbocycles. The highest BCUT2D eigenvalue weighted by atomic mass is 16.6. The van der Waals surface area contributed by atoms with Gasteiger partial charge < -0.3 is 15.4 Å². The molecule has 166 valence electrons. The molecule has 0 amide bonds. The van der Waals surface area contributed by atoms with Crippen LogP contribution in [-0.4, -0.2) is 71.6 Å². The summed E-state index contributed by atoms with van der Waals surface area (Å²) >= 11 is 0. The second-order valence-corrected chi connectivity index (χ2v) is 7.12. The molecule has 1 aromatic heterocycles. The first-order chi connectivity index (χ1) is 14.8. The number of benzene rings is 1. The molecule has 0 saturated carbocycles. The number of nitrogens with zero attached hydrogens (tertiary/aromatic N) is 4. The van der Waals surface area contributed by atoms with Gasteiger partial charge in [-0.25, -0.2) is 4.79 Å². The van der Waals surface area contributed by atoms with Gasteiger partial charge in [0.2, 0.25) is 0 Å². The Morgan fingerprint density at radius 3 is 2.42 bits per heavy atom. The summed E-state index contributed by atoms with van der Waals surface area (Å²) in [6.07, 6.45) is 0. The number of aromatic amines is 1. The molecule has 1 aromatic carbocycles. The fourth-order valence-corrected chi connectivity index (χ4v) is 3.49. The van der Waals surface area contributed by atoms with Crippen molar-refractivity contribution in [3.8, 4) is 0 Å². The van der Waals surface area contributed by atoms with Gasteiger partial charge in [0, 0.05) is 51.1 Å². The van der Waals surface area contributed by atoms with Crippen LogP contribution in [0, 0.1) is 10.1 Å². The summed E-state index contributed by atoms with van der Waals surface area (Å²) in [4.78, 5) is 53.4. The van der Waals surface area contributed by atoms with E-state index in [4.69, 9.17) is 10.5 Å². The molecule has 3 N–H and O–H groups in total. The summed E-state index contributed by atoms with van der Waals surface area (Å²) < 4.78 is 6.05. The lowest BCUT2D eigenvalue weighted by Gasteiger charge is -2.35. The smallest absolute Gasteiger partial charge is 0.330 e. The van der Waals surface area contributed by atoms with E-state index in [1.807, 2.05) is 4.90 Å². The van der Waals surface area contributed by atoms with E-state index in [0.717, 1.165) is 10.3 Å². The third kappa shape index (κ3) is 4.98. The van der Waals surface area contributed by atoms with Crippen molar-refractivity contribution < 1.29 is 14.5 Å². The average Bonchev–Trinajstić information content (AvgIpc) is 2.74. The van der Waals surface area contributed by atoms with Crippen LogP contribution in [0.25, 0.3) is 0 Å². The van der Waals surface area contributed by atoms with Crippen molar-refractivity contribution in [1.82, 2.24) is 14.5 Å². The maximum atomic E-state index is 12.8. The van der Waals surface area contributed by atoms with E-state index >= 15 is 0 Å². The van der Waals surface area contributed by atoms with Gasteiger partial charge in [-0.3, -0.25) is 34.2 Å². The minimum Gasteiger partial charge on any atom is -0.384 e. The van der Waals surface area contributed by atoms with Crippen LogP contribution >= 0.6 is 0 Å². The van der Waals surface area contributed by atoms with Crippen LogP contribution in [0.1, 0.15) is 10.4 Å². The van der Waals surface area contributed by atoms with E-state index < -0.39 is 22.0 Å². The number of hydrogen-bond donors (Lipinski definition) is 2. The van der Waals surface area contributed by atoms with Gasteiger partial charge in [-0.2, -0.15) is 0 Å². The number of nitrogens with one attached hydrogen (secondary N) is 1. The normalized spacial score (nSPS) is 14.5. The van der Waals surface area contributed by atoms with Crippen molar-refractivity contribution in [1.29, 1.82) is 0 Å². The molecular formula is C19H24N6O6. The number of nitrogens with two attached hydrogens (primary N) is 1. The Bertz CT molecular complexity index is 1070. The lowest BCUT2D eigenvalue weighted by Crippen LogP contribution is -2.48. The molecule has 1 saturated heterocycles. The highest BCUT2D eigenvalue weighted by molar-refractivity contribution is 6.01. The number of non-ortho nitro benzene ring substituents is 1. The number of nitrogen functional groups attached to an aromatic ring is 1. The highest BCUT2D eigenvalue weighted by Gasteiger charge is 2.24. The first kappa shape index (κ1) is 22.2.